The van der Waals surface area contributed by atoms with E-state index in [9.17, 15) is 25.5 Å². The lowest BCUT2D eigenvalue weighted by molar-refractivity contribution is -0.303. The molecule has 5 aliphatic carbocycles. The topological polar surface area (TPSA) is 138 Å². The third-order valence-corrected chi connectivity index (χ3v) is 15.9. The summed E-state index contributed by atoms with van der Waals surface area (Å²) in [6.07, 6.45) is 2.00. The van der Waals surface area contributed by atoms with Gasteiger partial charge in [-0.05, 0) is 105 Å². The minimum atomic E-state index is -1.28. The van der Waals surface area contributed by atoms with Crippen LogP contribution in [0.1, 0.15) is 99.8 Å². The highest BCUT2D eigenvalue weighted by Crippen LogP contribution is 2.90. The van der Waals surface area contributed by atoms with Crippen LogP contribution in [0.15, 0.2) is 0 Å². The maximum atomic E-state index is 12.7. The van der Waals surface area contributed by atoms with Gasteiger partial charge in [0.15, 0.2) is 12.1 Å². The van der Waals surface area contributed by atoms with Gasteiger partial charge in [0, 0.05) is 11.3 Å². The second-order valence-corrected chi connectivity index (χ2v) is 18.3. The van der Waals surface area contributed by atoms with Gasteiger partial charge in [-0.15, -0.1) is 0 Å². The fourth-order valence-electron chi connectivity index (χ4n) is 14.0. The Morgan fingerprint density at radius 2 is 1.52 bits per heavy atom. The summed E-state index contributed by atoms with van der Waals surface area (Å²) in [4.78, 5) is 0. The Labute approximate surface area is 262 Å². The number of hydrogen-bond acceptors (Lipinski definition) is 9. The molecule has 44 heavy (non-hydrogen) atoms. The molecule has 0 radical (unpaired) electrons. The highest BCUT2D eigenvalue weighted by Gasteiger charge is 2.88. The smallest absolute Gasteiger partial charge is 0.199 e. The first kappa shape index (κ1) is 30.9. The molecule has 9 nitrogen and oxygen atoms in total. The van der Waals surface area contributed by atoms with E-state index in [4.69, 9.17) is 18.9 Å². The standard InChI is InChI=1S/C35H56O9/c1-17-14-19-26(30(4,5)40)44-35(43-19)25(17)31(6)12-13-34-16-33(34)11-10-22(42-27-24(38)23(37)18(36)15-41-27)29(2,3)20(33)8-9-21(34)32(31,7)28(35)39/h17-28,36-40H,8-16H2,1-7H3/t17-,18-,19-,20+,21+,22+,23+,24-,25-,26+,27+,28-,31-,32-,33-,34+,35+/m1/s1. The second kappa shape index (κ2) is 9.00. The van der Waals surface area contributed by atoms with Crippen molar-refractivity contribution in [1.82, 2.24) is 0 Å². The zero-order chi connectivity index (χ0) is 31.6. The van der Waals surface area contributed by atoms with Crippen molar-refractivity contribution in [3.8, 4) is 0 Å². The van der Waals surface area contributed by atoms with E-state index in [-0.39, 0.29) is 51.8 Å². The Morgan fingerprint density at radius 3 is 2.23 bits per heavy atom. The second-order valence-electron chi connectivity index (χ2n) is 18.3. The molecule has 17 atom stereocenters. The maximum absolute atomic E-state index is 12.7. The molecule has 8 aliphatic rings. The molecule has 8 fully saturated rings. The molecule has 250 valence electrons. The Kier molecular flexibility index (Phi) is 6.33. The van der Waals surface area contributed by atoms with Crippen molar-refractivity contribution < 1.29 is 44.5 Å². The molecular weight excluding hydrogens is 564 g/mol. The number of hydrogen-bond donors (Lipinski definition) is 5. The molecule has 0 aromatic rings. The number of aliphatic hydroxyl groups excluding tert-OH is 4. The summed E-state index contributed by atoms with van der Waals surface area (Å²) in [5.41, 5.74) is -1.39. The van der Waals surface area contributed by atoms with E-state index < -0.39 is 48.2 Å². The molecule has 5 saturated carbocycles. The van der Waals surface area contributed by atoms with E-state index in [1.807, 2.05) is 0 Å². The van der Waals surface area contributed by atoms with Crippen molar-refractivity contribution in [2.45, 2.75) is 160 Å². The number of rotatable bonds is 3. The van der Waals surface area contributed by atoms with Gasteiger partial charge in [-0.1, -0.05) is 34.6 Å². The number of aliphatic hydroxyl groups is 5. The van der Waals surface area contributed by atoms with Crippen LogP contribution < -0.4 is 0 Å². The normalized spacial score (nSPS) is 62.2. The minimum absolute atomic E-state index is 0.0559. The van der Waals surface area contributed by atoms with Crippen LogP contribution in [0.2, 0.25) is 0 Å². The van der Waals surface area contributed by atoms with Gasteiger partial charge in [-0.3, -0.25) is 0 Å². The van der Waals surface area contributed by atoms with Gasteiger partial charge in [0.1, 0.15) is 30.5 Å². The average Bonchev–Trinajstić information content (AvgIpc) is 3.45. The Bertz CT molecular complexity index is 1200. The van der Waals surface area contributed by atoms with Crippen molar-refractivity contribution in [3.05, 3.63) is 0 Å². The van der Waals surface area contributed by atoms with E-state index in [1.54, 1.807) is 13.8 Å². The summed E-state index contributed by atoms with van der Waals surface area (Å²) in [6.45, 7) is 15.2. The number of fused-ring (bicyclic) bond motifs is 4. The monoisotopic (exact) mass is 620 g/mol. The molecule has 0 unspecified atom stereocenters. The highest BCUT2D eigenvalue weighted by molar-refractivity contribution is 5.34. The third-order valence-electron chi connectivity index (χ3n) is 15.9. The van der Waals surface area contributed by atoms with E-state index in [0.29, 0.717) is 17.8 Å². The van der Waals surface area contributed by atoms with Gasteiger partial charge in [-0.25, -0.2) is 0 Å². The summed E-state index contributed by atoms with van der Waals surface area (Å²) in [6, 6.07) is 0. The van der Waals surface area contributed by atoms with Crippen LogP contribution in [0.25, 0.3) is 0 Å². The highest BCUT2D eigenvalue weighted by atomic mass is 16.8. The van der Waals surface area contributed by atoms with Gasteiger partial charge in [0.25, 0.3) is 0 Å². The van der Waals surface area contributed by atoms with Gasteiger partial charge in [0.2, 0.25) is 0 Å². The maximum Gasteiger partial charge on any atom is 0.199 e. The van der Waals surface area contributed by atoms with Crippen molar-refractivity contribution in [2.75, 3.05) is 6.61 Å². The number of ether oxygens (including phenoxy) is 4. The molecule has 3 saturated heterocycles. The first-order valence-corrected chi connectivity index (χ1v) is 17.5. The van der Waals surface area contributed by atoms with Crippen LogP contribution in [-0.4, -0.2) is 92.5 Å². The Balaban J connectivity index is 1.10. The lowest BCUT2D eigenvalue weighted by Crippen LogP contribution is -2.61. The van der Waals surface area contributed by atoms with Gasteiger partial charge >= 0.3 is 0 Å². The first-order valence-electron chi connectivity index (χ1n) is 17.5. The van der Waals surface area contributed by atoms with E-state index in [0.717, 1.165) is 44.9 Å². The molecule has 0 amide bonds. The quantitative estimate of drug-likeness (QED) is 0.301. The minimum Gasteiger partial charge on any atom is -0.388 e. The van der Waals surface area contributed by atoms with Crippen LogP contribution in [-0.2, 0) is 18.9 Å². The fourth-order valence-corrected chi connectivity index (χ4v) is 14.0. The first-order chi connectivity index (χ1) is 20.4. The summed E-state index contributed by atoms with van der Waals surface area (Å²) in [5, 5.41) is 54.5. The molecule has 3 spiro atoms. The third kappa shape index (κ3) is 3.38. The molecule has 2 bridgehead atoms. The van der Waals surface area contributed by atoms with Crippen LogP contribution in [0.5, 0.6) is 0 Å². The van der Waals surface area contributed by atoms with E-state index >= 15 is 0 Å². The summed E-state index contributed by atoms with van der Waals surface area (Å²) < 4.78 is 25.8. The largest absolute Gasteiger partial charge is 0.388 e. The van der Waals surface area contributed by atoms with Crippen LogP contribution in [0.4, 0.5) is 0 Å². The molecular formula is C35H56O9. The van der Waals surface area contributed by atoms with Crippen LogP contribution in [0.3, 0.4) is 0 Å². The summed E-state index contributed by atoms with van der Waals surface area (Å²) >= 11 is 0. The average molecular weight is 621 g/mol. The SMILES string of the molecule is C[C@@H]1C[C@H]2O[C@@]3(O[C@@H]2C(C)(C)O)[C@H](O)[C@@]2(C)[C@@H]4CC[C@H]5C(C)(C)[C@@H](O[C@@H]6OC[C@@H](O)[C@H](O)[C@H]6O)CC[C@@]56C[C@@]46CC[C@]2(C)[C@@H]13. The van der Waals surface area contributed by atoms with Crippen LogP contribution in [0, 0.1) is 50.7 Å². The predicted octanol–water partition coefficient (Wildman–Crippen LogP) is 3.12. The summed E-state index contributed by atoms with van der Waals surface area (Å²) in [5.74, 6) is 0.108. The lowest BCUT2D eigenvalue weighted by Gasteiger charge is -2.63. The zero-order valence-electron chi connectivity index (χ0n) is 27.7. The molecule has 3 heterocycles. The summed E-state index contributed by atoms with van der Waals surface area (Å²) in [7, 11) is 0. The van der Waals surface area contributed by atoms with E-state index in [2.05, 4.69) is 34.6 Å². The molecule has 0 aromatic carbocycles. The molecule has 8 rings (SSSR count). The van der Waals surface area contributed by atoms with Crippen molar-refractivity contribution in [2.24, 2.45) is 50.7 Å². The van der Waals surface area contributed by atoms with Gasteiger partial charge in [-0.2, -0.15) is 0 Å². The van der Waals surface area contributed by atoms with Gasteiger partial charge in [0.05, 0.1) is 24.4 Å². The molecule has 5 N–H and O–H groups in total. The zero-order valence-corrected chi connectivity index (χ0v) is 27.7. The lowest BCUT2D eigenvalue weighted by atomic mass is 9.41. The Hall–Kier alpha value is -0.360. The molecule has 0 aromatic heterocycles. The Morgan fingerprint density at radius 1 is 0.841 bits per heavy atom. The van der Waals surface area contributed by atoms with Crippen molar-refractivity contribution in [1.29, 1.82) is 0 Å². The van der Waals surface area contributed by atoms with E-state index in [1.165, 1.54) is 6.42 Å². The molecule has 9 heteroatoms. The van der Waals surface area contributed by atoms with Crippen molar-refractivity contribution >= 4 is 0 Å². The fraction of sp³-hybridized carbons (Fsp3) is 1.00. The van der Waals surface area contributed by atoms with Gasteiger partial charge < -0.3 is 44.5 Å². The van der Waals surface area contributed by atoms with Crippen LogP contribution >= 0.6 is 0 Å². The van der Waals surface area contributed by atoms with Crippen molar-refractivity contribution in [3.63, 3.8) is 0 Å². The molecule has 3 aliphatic heterocycles. The predicted molar refractivity (Wildman–Crippen MR) is 159 cm³/mol.